The van der Waals surface area contributed by atoms with E-state index in [4.69, 9.17) is 14.2 Å². The molecule has 7 nitrogen and oxygen atoms in total. The maximum atomic E-state index is 12.9. The quantitative estimate of drug-likeness (QED) is 0.609. The Bertz CT molecular complexity index is 1100. The number of benzene rings is 3. The highest BCUT2D eigenvalue weighted by Crippen LogP contribution is 2.35. The van der Waals surface area contributed by atoms with Crippen LogP contribution in [0.5, 0.6) is 17.2 Å². The molecule has 0 saturated heterocycles. The van der Waals surface area contributed by atoms with Crippen molar-refractivity contribution in [2.24, 2.45) is 0 Å². The van der Waals surface area contributed by atoms with Crippen molar-refractivity contribution in [3.05, 3.63) is 83.7 Å². The summed E-state index contributed by atoms with van der Waals surface area (Å²) in [5, 5.41) is 5.22. The predicted octanol–water partition coefficient (Wildman–Crippen LogP) is 3.50. The molecule has 0 radical (unpaired) electrons. The normalized spacial score (nSPS) is 11.6. The monoisotopic (exact) mass is 422 g/mol. The zero-order valence-corrected chi connectivity index (χ0v) is 16.4. The van der Waals surface area contributed by atoms with Crippen molar-refractivity contribution >= 4 is 17.5 Å². The summed E-state index contributed by atoms with van der Waals surface area (Å²) in [6.45, 7) is 0.281. The molecule has 0 bridgehead atoms. The molecule has 3 aromatic carbocycles. The van der Waals surface area contributed by atoms with Crippen LogP contribution in [-0.2, 0) is 11.4 Å². The molecule has 2 N–H and O–H groups in total. The Kier molecular flexibility index (Phi) is 5.98. The summed E-state index contributed by atoms with van der Waals surface area (Å²) >= 11 is 0. The number of rotatable bonds is 7. The minimum absolute atomic E-state index is 0.199. The zero-order valence-electron chi connectivity index (χ0n) is 16.4. The van der Waals surface area contributed by atoms with Crippen LogP contribution in [0.2, 0.25) is 0 Å². The molecule has 1 aliphatic rings. The van der Waals surface area contributed by atoms with Crippen molar-refractivity contribution < 1.29 is 28.2 Å². The Morgan fingerprint density at radius 2 is 1.77 bits per heavy atom. The molecule has 1 heterocycles. The first kappa shape index (κ1) is 20.2. The number of ether oxygens (including phenoxy) is 3. The summed E-state index contributed by atoms with van der Waals surface area (Å²) in [7, 11) is 0. The van der Waals surface area contributed by atoms with Crippen molar-refractivity contribution in [2.75, 3.05) is 18.7 Å². The number of nitrogens with one attached hydrogen (secondary N) is 2. The summed E-state index contributed by atoms with van der Waals surface area (Å²) in [5.74, 6) is 0.689. The average Bonchev–Trinajstić information content (AvgIpc) is 3.25. The first-order valence-corrected chi connectivity index (χ1v) is 9.52. The molecule has 0 aromatic heterocycles. The second kappa shape index (κ2) is 9.17. The van der Waals surface area contributed by atoms with E-state index in [-0.39, 0.29) is 24.8 Å². The molecule has 0 fully saturated rings. The van der Waals surface area contributed by atoms with E-state index >= 15 is 0 Å². The Hall–Kier alpha value is -4.07. The fourth-order valence-electron chi connectivity index (χ4n) is 2.94. The van der Waals surface area contributed by atoms with Gasteiger partial charge in [-0.3, -0.25) is 9.59 Å². The van der Waals surface area contributed by atoms with Crippen LogP contribution >= 0.6 is 0 Å². The van der Waals surface area contributed by atoms with E-state index in [1.807, 2.05) is 6.07 Å². The van der Waals surface area contributed by atoms with E-state index in [0.29, 0.717) is 29.5 Å². The maximum absolute atomic E-state index is 12.9. The Labute approximate surface area is 177 Å². The molecule has 2 amide bonds. The molecule has 1 aliphatic heterocycles. The largest absolute Gasteiger partial charge is 0.489 e. The molecule has 0 spiro atoms. The fraction of sp³-hybridized carbons (Fsp3) is 0.130. The highest BCUT2D eigenvalue weighted by molar-refractivity contribution is 5.99. The highest BCUT2D eigenvalue weighted by Gasteiger charge is 2.14. The second-order valence-corrected chi connectivity index (χ2v) is 6.74. The van der Waals surface area contributed by atoms with Gasteiger partial charge in [-0.25, -0.2) is 4.39 Å². The van der Waals surface area contributed by atoms with Gasteiger partial charge in [0.1, 0.15) is 18.2 Å². The third-order valence-electron chi connectivity index (χ3n) is 4.48. The van der Waals surface area contributed by atoms with Gasteiger partial charge in [-0.2, -0.15) is 0 Å². The van der Waals surface area contributed by atoms with E-state index < -0.39 is 11.7 Å². The lowest BCUT2D eigenvalue weighted by Gasteiger charge is -2.10. The average molecular weight is 422 g/mol. The molecular formula is C23H19FN2O5. The molecular weight excluding hydrogens is 403 g/mol. The molecule has 0 aliphatic carbocycles. The van der Waals surface area contributed by atoms with Crippen molar-refractivity contribution in [3.63, 3.8) is 0 Å². The smallest absolute Gasteiger partial charge is 0.251 e. The predicted molar refractivity (Wildman–Crippen MR) is 111 cm³/mol. The van der Waals surface area contributed by atoms with Gasteiger partial charge >= 0.3 is 0 Å². The highest BCUT2D eigenvalue weighted by atomic mass is 19.1. The molecule has 8 heteroatoms. The number of anilines is 1. The van der Waals surface area contributed by atoms with Crippen molar-refractivity contribution in [1.82, 2.24) is 5.32 Å². The first-order valence-electron chi connectivity index (χ1n) is 9.52. The molecule has 31 heavy (non-hydrogen) atoms. The van der Waals surface area contributed by atoms with Gasteiger partial charge in [0.25, 0.3) is 5.91 Å². The van der Waals surface area contributed by atoms with Gasteiger partial charge in [0.2, 0.25) is 12.7 Å². The zero-order chi connectivity index (χ0) is 21.6. The molecule has 0 unspecified atom stereocenters. The van der Waals surface area contributed by atoms with Crippen LogP contribution in [0, 0.1) is 5.82 Å². The minimum Gasteiger partial charge on any atom is -0.489 e. The number of halogens is 1. The standard InChI is InChI=1S/C23H19FN2O5/c24-17-6-4-16(5-7-17)23(28)25-12-22(27)26-18-3-1-2-15(10-18)13-29-19-8-9-20-21(11-19)31-14-30-20/h1-11H,12-14H2,(H,25,28)(H,26,27). The van der Waals surface area contributed by atoms with Crippen LogP contribution in [0.1, 0.15) is 15.9 Å². The van der Waals surface area contributed by atoms with E-state index in [9.17, 15) is 14.0 Å². The van der Waals surface area contributed by atoms with Crippen molar-refractivity contribution in [2.45, 2.75) is 6.61 Å². The van der Waals surface area contributed by atoms with Crippen LogP contribution in [0.3, 0.4) is 0 Å². The summed E-state index contributed by atoms with van der Waals surface area (Å²) < 4.78 is 29.3. The van der Waals surface area contributed by atoms with Crippen molar-refractivity contribution in [3.8, 4) is 17.2 Å². The number of fused-ring (bicyclic) bond motifs is 1. The number of hydrogen-bond donors (Lipinski definition) is 2. The number of carbonyl (C=O) groups excluding carboxylic acids is 2. The van der Waals surface area contributed by atoms with Gasteiger partial charge in [-0.15, -0.1) is 0 Å². The number of amides is 2. The Balaban J connectivity index is 1.28. The maximum Gasteiger partial charge on any atom is 0.251 e. The Morgan fingerprint density at radius 3 is 2.61 bits per heavy atom. The molecule has 158 valence electrons. The lowest BCUT2D eigenvalue weighted by atomic mass is 10.2. The number of carbonyl (C=O) groups is 2. The van der Waals surface area contributed by atoms with Crippen LogP contribution in [0.25, 0.3) is 0 Å². The Morgan fingerprint density at radius 1 is 0.968 bits per heavy atom. The van der Waals surface area contributed by atoms with Gasteiger partial charge in [0.05, 0.1) is 6.54 Å². The summed E-state index contributed by atoms with van der Waals surface area (Å²) in [5.41, 5.74) is 1.70. The number of hydrogen-bond acceptors (Lipinski definition) is 5. The van der Waals surface area contributed by atoms with Gasteiger partial charge < -0.3 is 24.8 Å². The lowest BCUT2D eigenvalue weighted by molar-refractivity contribution is -0.115. The molecule has 4 rings (SSSR count). The summed E-state index contributed by atoms with van der Waals surface area (Å²) in [6, 6.07) is 17.6. The van der Waals surface area contributed by atoms with Gasteiger partial charge in [0, 0.05) is 17.3 Å². The van der Waals surface area contributed by atoms with Crippen LogP contribution in [-0.4, -0.2) is 25.2 Å². The first-order chi connectivity index (χ1) is 15.1. The van der Waals surface area contributed by atoms with E-state index in [1.165, 1.54) is 24.3 Å². The van der Waals surface area contributed by atoms with Gasteiger partial charge in [0.15, 0.2) is 11.5 Å². The fourth-order valence-corrected chi connectivity index (χ4v) is 2.94. The molecule has 0 atom stereocenters. The van der Waals surface area contributed by atoms with Gasteiger partial charge in [-0.1, -0.05) is 12.1 Å². The third kappa shape index (κ3) is 5.30. The van der Waals surface area contributed by atoms with Crippen LogP contribution < -0.4 is 24.8 Å². The van der Waals surface area contributed by atoms with E-state index in [1.54, 1.807) is 36.4 Å². The topological polar surface area (TPSA) is 85.9 Å². The lowest BCUT2D eigenvalue weighted by Crippen LogP contribution is -2.32. The minimum atomic E-state index is -0.457. The summed E-state index contributed by atoms with van der Waals surface area (Å²) in [4.78, 5) is 24.2. The van der Waals surface area contributed by atoms with Crippen LogP contribution in [0.15, 0.2) is 66.7 Å². The van der Waals surface area contributed by atoms with Crippen molar-refractivity contribution in [1.29, 1.82) is 0 Å². The van der Waals surface area contributed by atoms with E-state index in [0.717, 1.165) is 5.56 Å². The third-order valence-corrected chi connectivity index (χ3v) is 4.48. The molecule has 3 aromatic rings. The summed E-state index contributed by atoms with van der Waals surface area (Å²) in [6.07, 6.45) is 0. The SMILES string of the molecule is O=C(CNC(=O)c1ccc(F)cc1)Nc1cccc(COc2ccc3c(c2)OCO3)c1. The van der Waals surface area contributed by atoms with Gasteiger partial charge in [-0.05, 0) is 54.1 Å². The molecule has 0 saturated carbocycles. The second-order valence-electron chi connectivity index (χ2n) is 6.74. The van der Waals surface area contributed by atoms with Crippen LogP contribution in [0.4, 0.5) is 10.1 Å². The van der Waals surface area contributed by atoms with E-state index in [2.05, 4.69) is 10.6 Å².